The van der Waals surface area contributed by atoms with Gasteiger partial charge in [-0.25, -0.2) is 22.6 Å². The van der Waals surface area contributed by atoms with Gasteiger partial charge in [-0.05, 0) is 62.9 Å². The van der Waals surface area contributed by atoms with Crippen molar-refractivity contribution in [2.75, 3.05) is 54.5 Å². The zero-order valence-corrected chi connectivity index (χ0v) is 29.5. The number of benzene rings is 2. The van der Waals surface area contributed by atoms with Crippen LogP contribution in [0.15, 0.2) is 36.5 Å². The number of methoxy groups -OCH3 is 1. The molecule has 2 N–H and O–H groups in total. The van der Waals surface area contributed by atoms with Crippen LogP contribution in [0.3, 0.4) is 0 Å². The fourth-order valence-corrected chi connectivity index (χ4v) is 5.36. The molecule has 2 aromatic carbocycles. The van der Waals surface area contributed by atoms with Gasteiger partial charge in [0.15, 0.2) is 5.75 Å². The number of carbonyl (C=O) groups excluding carboxylic acids is 2. The second kappa shape index (κ2) is 13.8. The van der Waals surface area contributed by atoms with Crippen LogP contribution in [0.2, 0.25) is 0 Å². The maximum Gasteiger partial charge on any atom is 0.410 e. The third-order valence-electron chi connectivity index (χ3n) is 7.31. The van der Waals surface area contributed by atoms with Crippen LogP contribution in [0.1, 0.15) is 63.0 Å². The van der Waals surface area contributed by atoms with E-state index in [0.717, 1.165) is 17.9 Å². The van der Waals surface area contributed by atoms with Gasteiger partial charge in [-0.15, -0.1) is 0 Å². The summed E-state index contributed by atoms with van der Waals surface area (Å²) in [5.41, 5.74) is 0.146. The van der Waals surface area contributed by atoms with Crippen molar-refractivity contribution in [3.05, 3.63) is 59.0 Å². The van der Waals surface area contributed by atoms with E-state index in [4.69, 9.17) is 14.2 Å². The highest BCUT2D eigenvalue weighted by molar-refractivity contribution is 7.92. The summed E-state index contributed by atoms with van der Waals surface area (Å²) in [5.74, 6) is -0.710. The predicted molar refractivity (Wildman–Crippen MR) is 181 cm³/mol. The smallest absolute Gasteiger partial charge is 0.410 e. The van der Waals surface area contributed by atoms with Gasteiger partial charge in [0.05, 0.1) is 24.7 Å². The molecule has 0 unspecified atom stereocenters. The Balaban J connectivity index is 1.56. The Morgan fingerprint density at radius 3 is 2.21 bits per heavy atom. The number of nitrogens with one attached hydrogen (secondary N) is 2. The standard InChI is InChI=1S/C33H43FN6O7S/c1-20-23(34)16-21(29(41)36-24-18-22(32(2,3)4)19-25(28(24)45-8)38-48(9,43)44)17-26(20)46-27-10-11-35-30(37-27)39-12-14-40(15-13-39)31(42)47-33(5,6)7/h10-11,16-19,38H,12-15H2,1-9H3,(H,36,41). The molecule has 0 spiro atoms. The van der Waals surface area contributed by atoms with E-state index in [-0.39, 0.29) is 46.0 Å². The molecule has 1 fully saturated rings. The molecule has 13 nitrogen and oxygen atoms in total. The lowest BCUT2D eigenvalue weighted by Crippen LogP contribution is -2.50. The summed E-state index contributed by atoms with van der Waals surface area (Å²) >= 11 is 0. The fraction of sp³-hybridized carbons (Fsp3) is 0.455. The Hall–Kier alpha value is -4.66. The van der Waals surface area contributed by atoms with Gasteiger partial charge in [0.1, 0.15) is 17.2 Å². The molecule has 0 bridgehead atoms. The van der Waals surface area contributed by atoms with Gasteiger partial charge in [0.25, 0.3) is 5.91 Å². The number of rotatable bonds is 8. The van der Waals surface area contributed by atoms with Gasteiger partial charge in [-0.3, -0.25) is 9.52 Å². The Kier molecular flexibility index (Phi) is 10.4. The second-order valence-electron chi connectivity index (χ2n) is 13.5. The number of halogens is 1. The minimum Gasteiger partial charge on any atom is -0.492 e. The molecule has 1 aliphatic rings. The number of piperazine rings is 1. The first-order valence-corrected chi connectivity index (χ1v) is 17.2. The van der Waals surface area contributed by atoms with E-state index in [1.807, 2.05) is 46.4 Å². The summed E-state index contributed by atoms with van der Waals surface area (Å²) in [5, 5.41) is 2.74. The molecule has 15 heteroatoms. The summed E-state index contributed by atoms with van der Waals surface area (Å²) in [6.07, 6.45) is 2.14. The van der Waals surface area contributed by atoms with E-state index in [0.29, 0.717) is 32.1 Å². The van der Waals surface area contributed by atoms with Gasteiger partial charge in [0.2, 0.25) is 21.9 Å². The monoisotopic (exact) mass is 686 g/mol. The van der Waals surface area contributed by atoms with Crippen LogP contribution < -0.4 is 24.4 Å². The molecule has 3 aromatic rings. The summed E-state index contributed by atoms with van der Waals surface area (Å²) in [7, 11) is -2.33. The molecule has 2 amide bonds. The Labute approximate surface area is 280 Å². The van der Waals surface area contributed by atoms with Crippen molar-refractivity contribution >= 4 is 39.3 Å². The van der Waals surface area contributed by atoms with E-state index in [1.54, 1.807) is 17.0 Å². The van der Waals surface area contributed by atoms with E-state index in [9.17, 15) is 18.0 Å². The Morgan fingerprint density at radius 2 is 1.62 bits per heavy atom. The van der Waals surface area contributed by atoms with Crippen molar-refractivity contribution < 1.29 is 36.6 Å². The summed E-state index contributed by atoms with van der Waals surface area (Å²) in [4.78, 5) is 38.3. The van der Waals surface area contributed by atoms with E-state index in [1.165, 1.54) is 32.4 Å². The molecule has 0 radical (unpaired) electrons. The molecule has 1 saturated heterocycles. The number of nitrogens with zero attached hydrogens (tertiary/aromatic N) is 4. The van der Waals surface area contributed by atoms with Gasteiger partial charge >= 0.3 is 6.09 Å². The number of anilines is 3. The number of sulfonamides is 1. The van der Waals surface area contributed by atoms with Crippen LogP contribution in [0.5, 0.6) is 17.4 Å². The van der Waals surface area contributed by atoms with Gasteiger partial charge in [0, 0.05) is 49.6 Å². The van der Waals surface area contributed by atoms with Crippen molar-refractivity contribution in [3.8, 4) is 17.4 Å². The molecule has 0 aliphatic carbocycles. The first kappa shape index (κ1) is 36.2. The highest BCUT2D eigenvalue weighted by atomic mass is 32.2. The summed E-state index contributed by atoms with van der Waals surface area (Å²) in [6.45, 7) is 14.5. The number of aromatic nitrogens is 2. The second-order valence-corrected chi connectivity index (χ2v) is 15.3. The van der Waals surface area contributed by atoms with Crippen molar-refractivity contribution in [3.63, 3.8) is 0 Å². The van der Waals surface area contributed by atoms with Crippen LogP contribution in [0.4, 0.5) is 26.5 Å². The van der Waals surface area contributed by atoms with Gasteiger partial charge in [-0.2, -0.15) is 4.98 Å². The van der Waals surface area contributed by atoms with E-state index in [2.05, 4.69) is 20.0 Å². The van der Waals surface area contributed by atoms with Crippen LogP contribution in [-0.2, 0) is 20.2 Å². The molecule has 0 saturated carbocycles. The van der Waals surface area contributed by atoms with E-state index >= 15 is 4.39 Å². The average Bonchev–Trinajstić information content (AvgIpc) is 2.97. The van der Waals surface area contributed by atoms with Gasteiger partial charge < -0.3 is 29.3 Å². The Bertz CT molecular complexity index is 1800. The lowest BCUT2D eigenvalue weighted by molar-refractivity contribution is 0.0240. The van der Waals surface area contributed by atoms with Crippen molar-refractivity contribution in [2.24, 2.45) is 0 Å². The number of hydrogen-bond donors (Lipinski definition) is 2. The minimum atomic E-state index is -3.68. The van der Waals surface area contributed by atoms with Crippen LogP contribution in [0.25, 0.3) is 0 Å². The molecular formula is C33H43FN6O7S. The fourth-order valence-electron chi connectivity index (χ4n) is 4.81. The molecule has 260 valence electrons. The minimum absolute atomic E-state index is 0.0542. The molecule has 1 aromatic heterocycles. The van der Waals surface area contributed by atoms with Crippen LogP contribution >= 0.6 is 0 Å². The third kappa shape index (κ3) is 9.24. The molecule has 1 aliphatic heterocycles. The topological polar surface area (TPSA) is 152 Å². The van der Waals surface area contributed by atoms with Crippen LogP contribution in [0, 0.1) is 12.7 Å². The van der Waals surface area contributed by atoms with E-state index < -0.39 is 32.8 Å². The molecule has 48 heavy (non-hydrogen) atoms. The molecule has 0 atom stereocenters. The van der Waals surface area contributed by atoms with Crippen molar-refractivity contribution in [1.82, 2.24) is 14.9 Å². The lowest BCUT2D eigenvalue weighted by atomic mass is 9.86. The SMILES string of the molecule is COc1c(NC(=O)c2cc(F)c(C)c(Oc3ccnc(N4CCN(C(=O)OC(C)(C)C)CC4)n3)c2)cc(C(C)(C)C)cc1NS(C)(=O)=O. The quantitative estimate of drug-likeness (QED) is 0.302. The van der Waals surface area contributed by atoms with Crippen molar-refractivity contribution in [1.29, 1.82) is 0 Å². The summed E-state index contributed by atoms with van der Waals surface area (Å²) in [6, 6.07) is 7.32. The molecule has 4 rings (SSSR count). The highest BCUT2D eigenvalue weighted by Gasteiger charge is 2.27. The summed E-state index contributed by atoms with van der Waals surface area (Å²) < 4.78 is 58.7. The maximum atomic E-state index is 15.2. The van der Waals surface area contributed by atoms with Crippen LogP contribution in [-0.4, -0.2) is 80.4 Å². The Morgan fingerprint density at radius 1 is 0.979 bits per heavy atom. The van der Waals surface area contributed by atoms with Crippen molar-refractivity contribution in [2.45, 2.75) is 59.5 Å². The highest BCUT2D eigenvalue weighted by Crippen LogP contribution is 2.39. The maximum absolute atomic E-state index is 15.2. The largest absolute Gasteiger partial charge is 0.492 e. The number of hydrogen-bond acceptors (Lipinski definition) is 10. The number of ether oxygens (including phenoxy) is 3. The number of carbonyl (C=O) groups is 2. The molecular weight excluding hydrogens is 643 g/mol. The zero-order valence-electron chi connectivity index (χ0n) is 28.7. The average molecular weight is 687 g/mol. The number of amides is 2. The van der Waals surface area contributed by atoms with Gasteiger partial charge in [-0.1, -0.05) is 20.8 Å². The lowest BCUT2D eigenvalue weighted by Gasteiger charge is -2.35. The third-order valence-corrected chi connectivity index (χ3v) is 7.90. The first-order chi connectivity index (χ1) is 22.2. The molecule has 2 heterocycles. The normalized spacial score (nSPS) is 14.0. The zero-order chi connectivity index (χ0) is 35.6. The predicted octanol–water partition coefficient (Wildman–Crippen LogP) is 5.70. The first-order valence-electron chi connectivity index (χ1n) is 15.3.